The van der Waals surface area contributed by atoms with Gasteiger partial charge in [0.15, 0.2) is 0 Å². The Morgan fingerprint density at radius 1 is 1.57 bits per heavy atom. The van der Waals surface area contributed by atoms with Crippen molar-refractivity contribution in [3.05, 3.63) is 0 Å². The number of rotatable bonds is 4. The number of urea groups is 1. The van der Waals surface area contributed by atoms with Crippen molar-refractivity contribution in [2.24, 2.45) is 5.73 Å². The smallest absolute Gasteiger partial charge is 0.314 e. The molecular weight excluding hydrogens is 186 g/mol. The second-order valence-electron chi connectivity index (χ2n) is 3.22. The number of methoxy groups -OCH3 is 1. The van der Waals surface area contributed by atoms with E-state index in [1.165, 1.54) is 12.0 Å². The van der Waals surface area contributed by atoms with Crippen molar-refractivity contribution < 1.29 is 14.3 Å². The number of nitrogens with zero attached hydrogens (tertiary/aromatic N) is 1. The van der Waals surface area contributed by atoms with Gasteiger partial charge in [0, 0.05) is 25.7 Å². The van der Waals surface area contributed by atoms with Crippen molar-refractivity contribution in [1.29, 1.82) is 0 Å². The molecule has 1 fully saturated rings. The highest BCUT2D eigenvalue weighted by atomic mass is 16.5. The van der Waals surface area contributed by atoms with E-state index in [0.717, 1.165) is 0 Å². The summed E-state index contributed by atoms with van der Waals surface area (Å²) in [5, 5.41) is 3.12. The summed E-state index contributed by atoms with van der Waals surface area (Å²) >= 11 is 0. The lowest BCUT2D eigenvalue weighted by Crippen LogP contribution is -2.61. The maximum Gasteiger partial charge on any atom is 0.314 e. The van der Waals surface area contributed by atoms with Gasteiger partial charge in [0.05, 0.1) is 13.5 Å². The molecule has 0 saturated carbocycles. The molecule has 80 valence electrons. The van der Waals surface area contributed by atoms with Crippen molar-refractivity contribution in [3.8, 4) is 0 Å². The molecule has 0 atom stereocenters. The fourth-order valence-corrected chi connectivity index (χ4v) is 1.27. The van der Waals surface area contributed by atoms with E-state index in [2.05, 4.69) is 10.1 Å². The monoisotopic (exact) mass is 201 g/mol. The number of carbonyl (C=O) groups is 2. The van der Waals surface area contributed by atoms with E-state index < -0.39 is 6.03 Å². The van der Waals surface area contributed by atoms with E-state index in [-0.39, 0.29) is 12.0 Å². The molecule has 0 spiro atoms. The summed E-state index contributed by atoms with van der Waals surface area (Å²) < 4.78 is 4.48. The Labute approximate surface area is 82.4 Å². The first kappa shape index (κ1) is 10.8. The summed E-state index contributed by atoms with van der Waals surface area (Å²) in [7, 11) is 1.36. The average Bonchev–Trinajstić information content (AvgIpc) is 2.07. The van der Waals surface area contributed by atoms with Crippen LogP contribution in [-0.2, 0) is 9.53 Å². The van der Waals surface area contributed by atoms with Crippen LogP contribution in [0.5, 0.6) is 0 Å². The number of ether oxygens (including phenoxy) is 1. The van der Waals surface area contributed by atoms with Crippen molar-refractivity contribution in [3.63, 3.8) is 0 Å². The molecule has 0 unspecified atom stereocenters. The van der Waals surface area contributed by atoms with Gasteiger partial charge in [0.2, 0.25) is 0 Å². The van der Waals surface area contributed by atoms with Gasteiger partial charge in [0.25, 0.3) is 0 Å². The summed E-state index contributed by atoms with van der Waals surface area (Å²) in [5.74, 6) is -0.233. The molecule has 3 N–H and O–H groups in total. The minimum atomic E-state index is -0.393. The normalized spacial score (nSPS) is 16.2. The number of esters is 1. The molecule has 1 rings (SSSR count). The number of hydrogen-bond donors (Lipinski definition) is 2. The molecule has 0 aromatic carbocycles. The molecule has 1 aliphatic heterocycles. The van der Waals surface area contributed by atoms with Crippen LogP contribution < -0.4 is 11.1 Å². The number of nitrogens with two attached hydrogens (primary N) is 1. The van der Waals surface area contributed by atoms with E-state index in [4.69, 9.17) is 5.73 Å². The highest BCUT2D eigenvalue weighted by Gasteiger charge is 2.28. The molecule has 1 heterocycles. The lowest BCUT2D eigenvalue weighted by atomic mass is 10.1. The quantitative estimate of drug-likeness (QED) is 0.565. The van der Waals surface area contributed by atoms with Gasteiger partial charge in [-0.25, -0.2) is 4.79 Å². The Morgan fingerprint density at radius 2 is 2.21 bits per heavy atom. The molecule has 2 amide bonds. The van der Waals surface area contributed by atoms with E-state index in [1.54, 1.807) is 0 Å². The molecule has 1 saturated heterocycles. The van der Waals surface area contributed by atoms with Crippen molar-refractivity contribution >= 4 is 12.0 Å². The van der Waals surface area contributed by atoms with Crippen LogP contribution in [0.1, 0.15) is 6.42 Å². The van der Waals surface area contributed by atoms with E-state index in [9.17, 15) is 9.59 Å². The average molecular weight is 201 g/mol. The second-order valence-corrected chi connectivity index (χ2v) is 3.22. The van der Waals surface area contributed by atoms with Gasteiger partial charge in [-0.1, -0.05) is 0 Å². The SMILES string of the molecule is COC(=O)CCNC1CN(C(N)=O)C1. The molecule has 6 heteroatoms. The van der Waals surface area contributed by atoms with Crippen LogP contribution in [0.2, 0.25) is 0 Å². The summed E-state index contributed by atoms with van der Waals surface area (Å²) in [6.45, 7) is 1.82. The van der Waals surface area contributed by atoms with Gasteiger partial charge >= 0.3 is 12.0 Å². The third-order valence-corrected chi connectivity index (χ3v) is 2.18. The van der Waals surface area contributed by atoms with Crippen LogP contribution in [0.3, 0.4) is 0 Å². The molecule has 6 nitrogen and oxygen atoms in total. The number of likely N-dealkylation sites (tertiary alicyclic amines) is 1. The summed E-state index contributed by atoms with van der Waals surface area (Å²) in [4.78, 5) is 22.9. The third kappa shape index (κ3) is 2.88. The number of nitrogens with one attached hydrogen (secondary N) is 1. The van der Waals surface area contributed by atoms with Gasteiger partial charge in [0.1, 0.15) is 0 Å². The molecule has 0 bridgehead atoms. The van der Waals surface area contributed by atoms with E-state index in [0.29, 0.717) is 26.1 Å². The molecule has 0 radical (unpaired) electrons. The number of hydrogen-bond acceptors (Lipinski definition) is 4. The minimum absolute atomic E-state index is 0.233. The standard InChI is InChI=1S/C8H15N3O3/c1-14-7(12)2-3-10-6-4-11(5-6)8(9)13/h6,10H,2-5H2,1H3,(H2,9,13). The first-order chi connectivity index (χ1) is 6.63. The molecule has 0 aliphatic carbocycles. The Morgan fingerprint density at radius 3 is 2.71 bits per heavy atom. The van der Waals surface area contributed by atoms with Gasteiger partial charge in [-0.15, -0.1) is 0 Å². The van der Waals surface area contributed by atoms with Gasteiger partial charge in [-0.2, -0.15) is 0 Å². The Kier molecular flexibility index (Phi) is 3.70. The van der Waals surface area contributed by atoms with Crippen molar-refractivity contribution in [2.75, 3.05) is 26.7 Å². The van der Waals surface area contributed by atoms with Crippen molar-refractivity contribution in [1.82, 2.24) is 10.2 Å². The fraction of sp³-hybridized carbons (Fsp3) is 0.750. The van der Waals surface area contributed by atoms with Gasteiger partial charge < -0.3 is 20.7 Å². The molecule has 1 aliphatic rings. The minimum Gasteiger partial charge on any atom is -0.469 e. The summed E-state index contributed by atoms with van der Waals surface area (Å²) in [6, 6.07) is -0.136. The first-order valence-corrected chi connectivity index (χ1v) is 4.48. The van der Waals surface area contributed by atoms with Gasteiger partial charge in [-0.05, 0) is 0 Å². The van der Waals surface area contributed by atoms with Crippen molar-refractivity contribution in [2.45, 2.75) is 12.5 Å². The molecule has 0 aromatic heterocycles. The van der Waals surface area contributed by atoms with Gasteiger partial charge in [-0.3, -0.25) is 4.79 Å². The molecule has 14 heavy (non-hydrogen) atoms. The number of carbonyl (C=O) groups excluding carboxylic acids is 2. The topological polar surface area (TPSA) is 84.7 Å². The zero-order valence-electron chi connectivity index (χ0n) is 8.16. The second kappa shape index (κ2) is 4.80. The Bertz CT molecular complexity index is 226. The van der Waals surface area contributed by atoms with Crippen LogP contribution in [0.4, 0.5) is 4.79 Å². The summed E-state index contributed by atoms with van der Waals surface area (Å²) in [5.41, 5.74) is 5.04. The zero-order valence-corrected chi connectivity index (χ0v) is 8.16. The highest BCUT2D eigenvalue weighted by molar-refractivity contribution is 5.73. The highest BCUT2D eigenvalue weighted by Crippen LogP contribution is 2.06. The van der Waals surface area contributed by atoms with E-state index in [1.807, 2.05) is 0 Å². The third-order valence-electron chi connectivity index (χ3n) is 2.18. The van der Waals surface area contributed by atoms with Crippen LogP contribution >= 0.6 is 0 Å². The Balaban J connectivity index is 2.01. The number of amides is 2. The maximum atomic E-state index is 10.7. The zero-order chi connectivity index (χ0) is 10.6. The molecule has 0 aromatic rings. The van der Waals surface area contributed by atoms with Crippen LogP contribution in [-0.4, -0.2) is 49.7 Å². The van der Waals surface area contributed by atoms with E-state index >= 15 is 0 Å². The predicted molar refractivity (Wildman–Crippen MR) is 49.6 cm³/mol. The lowest BCUT2D eigenvalue weighted by molar-refractivity contribution is -0.140. The fourth-order valence-electron chi connectivity index (χ4n) is 1.27. The first-order valence-electron chi connectivity index (χ1n) is 4.48. The van der Waals surface area contributed by atoms with Crippen LogP contribution in [0.25, 0.3) is 0 Å². The molecular formula is C8H15N3O3. The summed E-state index contributed by atoms with van der Waals surface area (Å²) in [6.07, 6.45) is 0.351. The van der Waals surface area contributed by atoms with Crippen LogP contribution in [0.15, 0.2) is 0 Å². The Hall–Kier alpha value is -1.30. The predicted octanol–water partition coefficient (Wildman–Crippen LogP) is -1.10. The lowest BCUT2D eigenvalue weighted by Gasteiger charge is -2.38. The number of primary amides is 1. The van der Waals surface area contributed by atoms with Crippen LogP contribution in [0, 0.1) is 0 Å². The largest absolute Gasteiger partial charge is 0.469 e. The maximum absolute atomic E-state index is 10.7.